The SMILES string of the molecule is O=C1C[C@H](c2cc3ccccc3[nH]c2=O)c2c(ccc3c(=O)c(-c4ccccc4F)coc23)O1. The zero-order valence-corrected chi connectivity index (χ0v) is 17.6. The number of aromatic amines is 1. The third-order valence-corrected chi connectivity index (χ3v) is 6.20. The van der Waals surface area contributed by atoms with Crippen molar-refractivity contribution >= 4 is 27.8 Å². The molecule has 0 saturated carbocycles. The van der Waals surface area contributed by atoms with Gasteiger partial charge in [0.05, 0.1) is 17.4 Å². The van der Waals surface area contributed by atoms with E-state index in [2.05, 4.69) is 4.98 Å². The van der Waals surface area contributed by atoms with Gasteiger partial charge < -0.3 is 14.1 Å². The minimum atomic E-state index is -0.684. The largest absolute Gasteiger partial charge is 0.463 e. The fourth-order valence-electron chi connectivity index (χ4n) is 4.61. The van der Waals surface area contributed by atoms with Gasteiger partial charge in [-0.05, 0) is 35.7 Å². The first-order valence-corrected chi connectivity index (χ1v) is 10.7. The number of pyridine rings is 1. The topological polar surface area (TPSA) is 89.4 Å². The van der Waals surface area contributed by atoms with Crippen molar-refractivity contribution in [2.45, 2.75) is 12.3 Å². The molecule has 0 saturated heterocycles. The lowest BCUT2D eigenvalue weighted by atomic mass is 9.85. The molecule has 6 rings (SSSR count). The number of halogens is 1. The summed E-state index contributed by atoms with van der Waals surface area (Å²) >= 11 is 0. The first kappa shape index (κ1) is 20.1. The van der Waals surface area contributed by atoms with Crippen molar-refractivity contribution in [3.63, 3.8) is 0 Å². The van der Waals surface area contributed by atoms with Crippen molar-refractivity contribution in [1.82, 2.24) is 4.98 Å². The highest BCUT2D eigenvalue weighted by atomic mass is 19.1. The quantitative estimate of drug-likeness (QED) is 0.304. The summed E-state index contributed by atoms with van der Waals surface area (Å²) in [6.45, 7) is 0. The molecule has 0 unspecified atom stereocenters. The molecule has 0 radical (unpaired) electrons. The van der Waals surface area contributed by atoms with Gasteiger partial charge in [-0.15, -0.1) is 0 Å². The van der Waals surface area contributed by atoms with Gasteiger partial charge in [0.1, 0.15) is 23.4 Å². The average Bonchev–Trinajstić information content (AvgIpc) is 2.83. The number of ether oxygens (including phenoxy) is 1. The van der Waals surface area contributed by atoms with Crippen LogP contribution in [-0.4, -0.2) is 11.0 Å². The summed E-state index contributed by atoms with van der Waals surface area (Å²) in [5.74, 6) is -1.49. The van der Waals surface area contributed by atoms with Crippen LogP contribution in [0.3, 0.4) is 0 Å². The molecular weight excluding hydrogens is 437 g/mol. The van der Waals surface area contributed by atoms with Crippen molar-refractivity contribution in [3.05, 3.63) is 111 Å². The predicted octanol–water partition coefficient (Wildman–Crippen LogP) is 4.88. The maximum Gasteiger partial charge on any atom is 0.312 e. The Morgan fingerprint density at radius 2 is 1.71 bits per heavy atom. The molecule has 6 nitrogen and oxygen atoms in total. The monoisotopic (exact) mass is 453 g/mol. The third kappa shape index (κ3) is 3.05. The maximum absolute atomic E-state index is 14.4. The van der Waals surface area contributed by atoms with E-state index < -0.39 is 23.1 Å². The Morgan fingerprint density at radius 3 is 2.56 bits per heavy atom. The van der Waals surface area contributed by atoms with Gasteiger partial charge in [0.2, 0.25) is 5.43 Å². The molecule has 3 heterocycles. The van der Waals surface area contributed by atoms with Gasteiger partial charge in [0, 0.05) is 28.1 Å². The molecule has 0 fully saturated rings. The number of nitrogens with one attached hydrogen (secondary N) is 1. The second kappa shape index (κ2) is 7.52. The van der Waals surface area contributed by atoms with Crippen molar-refractivity contribution < 1.29 is 18.3 Å². The number of carbonyl (C=O) groups excluding carboxylic acids is 1. The Bertz CT molecular complexity index is 1750. The van der Waals surface area contributed by atoms with Gasteiger partial charge in [-0.25, -0.2) is 4.39 Å². The van der Waals surface area contributed by atoms with Crippen molar-refractivity contribution in [3.8, 4) is 16.9 Å². The fraction of sp³-hybridized carbons (Fsp3) is 0.0741. The number of hydrogen-bond donors (Lipinski definition) is 1. The Balaban J connectivity index is 1.61. The van der Waals surface area contributed by atoms with Crippen LogP contribution in [0, 0.1) is 5.82 Å². The smallest absolute Gasteiger partial charge is 0.312 e. The van der Waals surface area contributed by atoms with Gasteiger partial charge in [0.25, 0.3) is 5.56 Å². The van der Waals surface area contributed by atoms with Crippen LogP contribution in [0.1, 0.15) is 23.5 Å². The van der Waals surface area contributed by atoms with Gasteiger partial charge in [-0.3, -0.25) is 14.4 Å². The second-order valence-corrected chi connectivity index (χ2v) is 8.18. The van der Waals surface area contributed by atoms with Crippen LogP contribution in [-0.2, 0) is 4.79 Å². The number of aromatic nitrogens is 1. The normalized spacial score (nSPS) is 15.3. The summed E-state index contributed by atoms with van der Waals surface area (Å²) in [4.78, 5) is 41.6. The highest BCUT2D eigenvalue weighted by Gasteiger charge is 2.34. The Labute approximate surface area is 191 Å². The van der Waals surface area contributed by atoms with Crippen molar-refractivity contribution in [2.75, 3.05) is 0 Å². The first-order valence-electron chi connectivity index (χ1n) is 10.7. The average molecular weight is 453 g/mol. The van der Waals surface area contributed by atoms with Gasteiger partial charge in [-0.2, -0.15) is 0 Å². The van der Waals surface area contributed by atoms with Gasteiger partial charge in [-0.1, -0.05) is 36.4 Å². The van der Waals surface area contributed by atoms with E-state index in [9.17, 15) is 18.8 Å². The maximum atomic E-state index is 14.4. The van der Waals surface area contributed by atoms with E-state index in [1.807, 2.05) is 18.2 Å². The third-order valence-electron chi connectivity index (χ3n) is 6.20. The molecule has 5 aromatic rings. The number of benzene rings is 3. The van der Waals surface area contributed by atoms with Crippen LogP contribution in [0.4, 0.5) is 4.39 Å². The molecule has 1 atom stereocenters. The van der Waals surface area contributed by atoms with E-state index >= 15 is 0 Å². The van der Waals surface area contributed by atoms with Gasteiger partial charge >= 0.3 is 5.97 Å². The lowest BCUT2D eigenvalue weighted by Gasteiger charge is -2.25. The van der Waals surface area contributed by atoms with Crippen LogP contribution >= 0.6 is 0 Å². The van der Waals surface area contributed by atoms with Crippen LogP contribution in [0.25, 0.3) is 33.0 Å². The van der Waals surface area contributed by atoms with Gasteiger partial charge in [0.15, 0.2) is 0 Å². The summed E-state index contributed by atoms with van der Waals surface area (Å²) in [6, 6.07) is 18.0. The highest BCUT2D eigenvalue weighted by molar-refractivity contribution is 5.90. The summed E-state index contributed by atoms with van der Waals surface area (Å²) in [5.41, 5.74) is 1.13. The molecule has 1 N–H and O–H groups in total. The molecule has 166 valence electrons. The van der Waals surface area contributed by atoms with Crippen LogP contribution < -0.4 is 15.7 Å². The number of para-hydroxylation sites is 1. The Hall–Kier alpha value is -4.52. The number of carbonyl (C=O) groups is 1. The molecule has 0 amide bonds. The summed E-state index contributed by atoms with van der Waals surface area (Å²) in [5, 5.41) is 1.01. The number of fused-ring (bicyclic) bond motifs is 4. The second-order valence-electron chi connectivity index (χ2n) is 8.18. The van der Waals surface area contributed by atoms with E-state index in [1.54, 1.807) is 18.2 Å². The zero-order valence-electron chi connectivity index (χ0n) is 17.6. The molecular formula is C27H16FNO5. The zero-order chi connectivity index (χ0) is 23.4. The van der Waals surface area contributed by atoms with Crippen LogP contribution in [0.5, 0.6) is 5.75 Å². The number of hydrogen-bond acceptors (Lipinski definition) is 5. The minimum absolute atomic E-state index is 0.0819. The molecule has 7 heteroatoms. The molecule has 1 aliphatic rings. The minimum Gasteiger partial charge on any atom is -0.463 e. The van der Waals surface area contributed by atoms with Crippen molar-refractivity contribution in [1.29, 1.82) is 0 Å². The first-order chi connectivity index (χ1) is 16.5. The lowest BCUT2D eigenvalue weighted by Crippen LogP contribution is -2.26. The standard InChI is InChI=1S/C27H16FNO5/c28-20-7-3-2-6-15(20)19-13-33-26-16(25(19)31)9-10-22-24(26)17(12-23(30)34-22)18-11-14-5-1-4-8-21(14)29-27(18)32/h1-11,13,17H,12H2,(H,29,32)/t17-/m1/s1. The van der Waals surface area contributed by atoms with E-state index in [4.69, 9.17) is 9.15 Å². The van der Waals surface area contributed by atoms with Crippen molar-refractivity contribution in [2.24, 2.45) is 0 Å². The summed E-state index contributed by atoms with van der Waals surface area (Å²) < 4.78 is 25.6. The molecule has 3 aromatic carbocycles. The van der Waals surface area contributed by atoms with E-state index in [1.165, 1.54) is 36.6 Å². The van der Waals surface area contributed by atoms with Crippen LogP contribution in [0.15, 0.2) is 87.0 Å². The molecule has 0 bridgehead atoms. The molecule has 34 heavy (non-hydrogen) atoms. The number of esters is 1. The van der Waals surface area contributed by atoms with E-state index in [-0.39, 0.29) is 39.8 Å². The van der Waals surface area contributed by atoms with Crippen LogP contribution in [0.2, 0.25) is 0 Å². The predicted molar refractivity (Wildman–Crippen MR) is 125 cm³/mol. The Morgan fingerprint density at radius 1 is 0.912 bits per heavy atom. The van der Waals surface area contributed by atoms with E-state index in [0.717, 1.165) is 5.39 Å². The Kier molecular flexibility index (Phi) is 4.45. The summed E-state index contributed by atoms with van der Waals surface area (Å²) in [7, 11) is 0. The fourth-order valence-corrected chi connectivity index (χ4v) is 4.61. The molecule has 0 aliphatic carbocycles. The molecule has 2 aromatic heterocycles. The molecule has 1 aliphatic heterocycles. The summed E-state index contributed by atoms with van der Waals surface area (Å²) in [6.07, 6.45) is 1.12. The lowest BCUT2D eigenvalue weighted by molar-refractivity contribution is -0.135. The number of H-pyrrole nitrogens is 1. The molecule has 0 spiro atoms. The van der Waals surface area contributed by atoms with E-state index in [0.29, 0.717) is 16.6 Å². The number of rotatable bonds is 2. The highest BCUT2D eigenvalue weighted by Crippen LogP contribution is 2.42.